The van der Waals surface area contributed by atoms with Crippen molar-refractivity contribution in [1.29, 1.82) is 0 Å². The summed E-state index contributed by atoms with van der Waals surface area (Å²) in [5, 5.41) is 0. The summed E-state index contributed by atoms with van der Waals surface area (Å²) in [6.07, 6.45) is 1.39. The summed E-state index contributed by atoms with van der Waals surface area (Å²) in [7, 11) is 0. The third-order valence-corrected chi connectivity index (χ3v) is 4.09. The van der Waals surface area contributed by atoms with Crippen LogP contribution in [0.3, 0.4) is 0 Å². The monoisotopic (exact) mass is 295 g/mol. The highest BCUT2D eigenvalue weighted by Gasteiger charge is 2.25. The molecule has 0 aliphatic carbocycles. The molecule has 0 spiro atoms. The van der Waals surface area contributed by atoms with Crippen molar-refractivity contribution >= 4 is 5.97 Å². The van der Waals surface area contributed by atoms with Gasteiger partial charge in [0, 0.05) is 25.6 Å². The summed E-state index contributed by atoms with van der Waals surface area (Å²) in [6.45, 7) is 2.24. The van der Waals surface area contributed by atoms with Gasteiger partial charge in [-0.3, -0.25) is 9.69 Å². The number of cyclic esters (lactones) is 1. The Kier molecular flexibility index (Phi) is 4.86. The van der Waals surface area contributed by atoms with Gasteiger partial charge < -0.3 is 4.74 Å². The van der Waals surface area contributed by atoms with Crippen molar-refractivity contribution in [3.8, 4) is 0 Å². The summed E-state index contributed by atoms with van der Waals surface area (Å²) in [5.74, 6) is -0.0735. The molecule has 0 N–H and O–H groups in total. The number of hydrogen-bond donors (Lipinski definition) is 0. The summed E-state index contributed by atoms with van der Waals surface area (Å²) in [5.41, 5.74) is 2.57. The molecule has 1 aliphatic heterocycles. The maximum absolute atomic E-state index is 11.3. The predicted molar refractivity (Wildman–Crippen MR) is 86.1 cm³/mol. The topological polar surface area (TPSA) is 29.5 Å². The summed E-state index contributed by atoms with van der Waals surface area (Å²) >= 11 is 0. The number of ether oxygens (including phenoxy) is 1. The third-order valence-electron chi connectivity index (χ3n) is 4.09. The summed E-state index contributed by atoms with van der Waals surface area (Å²) in [4.78, 5) is 13.7. The van der Waals surface area contributed by atoms with Crippen LogP contribution >= 0.6 is 0 Å². The van der Waals surface area contributed by atoms with Crippen molar-refractivity contribution in [1.82, 2.24) is 4.90 Å². The van der Waals surface area contributed by atoms with E-state index >= 15 is 0 Å². The standard InChI is InChI=1S/C19H21NO2/c21-19-12-11-18(15-22-19)20(13-16-7-3-1-4-8-16)14-17-9-5-2-6-10-17/h1-10,18H,11-15H2/t18-/m0/s1. The van der Waals surface area contributed by atoms with E-state index in [0.29, 0.717) is 13.0 Å². The summed E-state index contributed by atoms with van der Waals surface area (Å²) < 4.78 is 5.27. The number of benzene rings is 2. The first-order valence-electron chi connectivity index (χ1n) is 7.79. The largest absolute Gasteiger partial charge is 0.464 e. The lowest BCUT2D eigenvalue weighted by atomic mass is 10.1. The second kappa shape index (κ2) is 7.23. The van der Waals surface area contributed by atoms with E-state index < -0.39 is 0 Å². The van der Waals surface area contributed by atoms with Gasteiger partial charge in [-0.2, -0.15) is 0 Å². The molecule has 0 amide bonds. The van der Waals surface area contributed by atoms with Crippen LogP contribution in [0.15, 0.2) is 60.7 Å². The van der Waals surface area contributed by atoms with Gasteiger partial charge in [0.2, 0.25) is 0 Å². The molecule has 3 nitrogen and oxygen atoms in total. The lowest BCUT2D eigenvalue weighted by Crippen LogP contribution is -2.41. The van der Waals surface area contributed by atoms with Crippen molar-refractivity contribution in [2.24, 2.45) is 0 Å². The smallest absolute Gasteiger partial charge is 0.305 e. The van der Waals surface area contributed by atoms with Gasteiger partial charge in [0.1, 0.15) is 6.61 Å². The van der Waals surface area contributed by atoms with Gasteiger partial charge in [0.05, 0.1) is 0 Å². The van der Waals surface area contributed by atoms with Crippen LogP contribution in [0, 0.1) is 0 Å². The van der Waals surface area contributed by atoms with Crippen molar-refractivity contribution in [3.63, 3.8) is 0 Å². The first kappa shape index (κ1) is 14.8. The van der Waals surface area contributed by atoms with E-state index in [1.165, 1.54) is 11.1 Å². The average Bonchev–Trinajstić information content (AvgIpc) is 2.57. The Balaban J connectivity index is 1.74. The van der Waals surface area contributed by atoms with Crippen LogP contribution in [0.1, 0.15) is 24.0 Å². The maximum atomic E-state index is 11.3. The molecule has 0 radical (unpaired) electrons. The minimum Gasteiger partial charge on any atom is -0.464 e. The average molecular weight is 295 g/mol. The van der Waals surface area contributed by atoms with Crippen LogP contribution < -0.4 is 0 Å². The van der Waals surface area contributed by atoms with E-state index in [4.69, 9.17) is 4.74 Å². The lowest BCUT2D eigenvalue weighted by molar-refractivity contribution is -0.150. The quantitative estimate of drug-likeness (QED) is 0.792. The van der Waals surface area contributed by atoms with E-state index in [9.17, 15) is 4.79 Å². The van der Waals surface area contributed by atoms with E-state index in [-0.39, 0.29) is 12.0 Å². The minimum absolute atomic E-state index is 0.0735. The highest BCUT2D eigenvalue weighted by atomic mass is 16.5. The lowest BCUT2D eigenvalue weighted by Gasteiger charge is -2.33. The Hall–Kier alpha value is -2.13. The van der Waals surface area contributed by atoms with Crippen LogP contribution in [0.5, 0.6) is 0 Å². The molecule has 2 aromatic rings. The number of carbonyl (C=O) groups is 1. The molecular formula is C19H21NO2. The second-order valence-corrected chi connectivity index (χ2v) is 5.75. The fourth-order valence-electron chi connectivity index (χ4n) is 2.87. The number of esters is 1. The van der Waals surface area contributed by atoms with Gasteiger partial charge in [0.15, 0.2) is 0 Å². The normalized spacial score (nSPS) is 18.2. The zero-order valence-electron chi connectivity index (χ0n) is 12.7. The zero-order valence-corrected chi connectivity index (χ0v) is 12.7. The Bertz CT molecular complexity index is 546. The molecule has 1 fully saturated rings. The number of nitrogens with zero attached hydrogens (tertiary/aromatic N) is 1. The van der Waals surface area contributed by atoms with Gasteiger partial charge in [0.25, 0.3) is 0 Å². The molecule has 1 saturated heterocycles. The molecule has 0 saturated carbocycles. The van der Waals surface area contributed by atoms with Crippen LogP contribution in [-0.2, 0) is 22.6 Å². The highest BCUT2D eigenvalue weighted by Crippen LogP contribution is 2.20. The van der Waals surface area contributed by atoms with Gasteiger partial charge >= 0.3 is 5.97 Å². The van der Waals surface area contributed by atoms with Crippen molar-refractivity contribution in [2.75, 3.05) is 6.61 Å². The van der Waals surface area contributed by atoms with Crippen LogP contribution in [-0.4, -0.2) is 23.5 Å². The first-order valence-corrected chi connectivity index (χ1v) is 7.79. The zero-order chi connectivity index (χ0) is 15.2. The van der Waals surface area contributed by atoms with Crippen LogP contribution in [0.2, 0.25) is 0 Å². The van der Waals surface area contributed by atoms with E-state index in [2.05, 4.69) is 53.4 Å². The first-order chi connectivity index (χ1) is 10.8. The van der Waals surface area contributed by atoms with Gasteiger partial charge in [-0.1, -0.05) is 60.7 Å². The SMILES string of the molecule is O=C1CC[C@H](N(Cc2ccccc2)Cc2ccccc2)CO1. The van der Waals surface area contributed by atoms with Gasteiger partial charge in [-0.15, -0.1) is 0 Å². The Morgan fingerprint density at radius 3 is 1.91 bits per heavy atom. The Morgan fingerprint density at radius 1 is 0.909 bits per heavy atom. The number of hydrogen-bond acceptors (Lipinski definition) is 3. The summed E-state index contributed by atoms with van der Waals surface area (Å²) in [6, 6.07) is 21.2. The van der Waals surface area contributed by atoms with E-state index in [1.54, 1.807) is 0 Å². The molecular weight excluding hydrogens is 274 g/mol. The Morgan fingerprint density at radius 2 is 1.45 bits per heavy atom. The second-order valence-electron chi connectivity index (χ2n) is 5.75. The van der Waals surface area contributed by atoms with Gasteiger partial charge in [-0.25, -0.2) is 0 Å². The van der Waals surface area contributed by atoms with Gasteiger partial charge in [-0.05, 0) is 17.5 Å². The molecule has 3 rings (SSSR count). The van der Waals surface area contributed by atoms with Crippen molar-refractivity contribution < 1.29 is 9.53 Å². The predicted octanol–water partition coefficient (Wildman–Crippen LogP) is 3.39. The van der Waals surface area contributed by atoms with Crippen molar-refractivity contribution in [3.05, 3.63) is 71.8 Å². The molecule has 0 bridgehead atoms. The third kappa shape index (κ3) is 3.95. The van der Waals surface area contributed by atoms with Crippen LogP contribution in [0.4, 0.5) is 0 Å². The molecule has 114 valence electrons. The fraction of sp³-hybridized carbons (Fsp3) is 0.316. The van der Waals surface area contributed by atoms with Crippen LogP contribution in [0.25, 0.3) is 0 Å². The molecule has 0 aromatic heterocycles. The number of carbonyl (C=O) groups excluding carboxylic acids is 1. The highest BCUT2D eigenvalue weighted by molar-refractivity contribution is 5.70. The molecule has 22 heavy (non-hydrogen) atoms. The minimum atomic E-state index is -0.0735. The fourth-order valence-corrected chi connectivity index (χ4v) is 2.87. The molecule has 1 heterocycles. The molecule has 1 atom stereocenters. The maximum Gasteiger partial charge on any atom is 0.305 e. The molecule has 1 aliphatic rings. The van der Waals surface area contributed by atoms with E-state index in [1.807, 2.05) is 12.1 Å². The molecule has 2 aromatic carbocycles. The van der Waals surface area contributed by atoms with Crippen molar-refractivity contribution in [2.45, 2.75) is 32.0 Å². The van der Waals surface area contributed by atoms with E-state index in [0.717, 1.165) is 19.5 Å². The molecule has 0 unspecified atom stereocenters. The Labute approximate surface area is 131 Å². The molecule has 3 heteroatoms. The number of rotatable bonds is 5.